The van der Waals surface area contributed by atoms with Gasteiger partial charge in [0.05, 0.1) is 11.2 Å². The maximum Gasteiger partial charge on any atom is 0.226 e. The smallest absolute Gasteiger partial charge is 0.226 e. The van der Waals surface area contributed by atoms with E-state index in [1.54, 1.807) is 13.8 Å². The molecule has 0 unspecified atom stereocenters. The van der Waals surface area contributed by atoms with Crippen LogP contribution in [0, 0.1) is 5.41 Å². The highest BCUT2D eigenvalue weighted by molar-refractivity contribution is 7.89. The van der Waals surface area contributed by atoms with Crippen molar-refractivity contribution in [3.8, 4) is 0 Å². The monoisotopic (exact) mass is 317 g/mol. The zero-order chi connectivity index (χ0) is 15.5. The molecule has 0 radical (unpaired) electrons. The van der Waals surface area contributed by atoms with Crippen LogP contribution in [0.25, 0.3) is 0 Å². The predicted octanol–water partition coefficient (Wildman–Crippen LogP) is 0.306. The zero-order valence-corrected chi connectivity index (χ0v) is 13.8. The first kappa shape index (κ1) is 16.7. The van der Waals surface area contributed by atoms with Crippen LogP contribution >= 0.6 is 0 Å². The quantitative estimate of drug-likeness (QED) is 0.765. The Balaban J connectivity index is 1.96. The number of piperazine rings is 1. The van der Waals surface area contributed by atoms with Crippen LogP contribution in [0.15, 0.2) is 0 Å². The maximum atomic E-state index is 12.5. The number of nitrogens with zero attached hydrogens (tertiary/aromatic N) is 1. The van der Waals surface area contributed by atoms with Crippen molar-refractivity contribution in [3.05, 3.63) is 0 Å². The summed E-state index contributed by atoms with van der Waals surface area (Å²) in [4.78, 5) is 12.4. The Hall–Kier alpha value is -0.660. The number of carbonyl (C=O) groups excluding carboxylic acids is 1. The van der Waals surface area contributed by atoms with Crippen LogP contribution in [-0.2, 0) is 14.8 Å². The molecule has 1 aliphatic carbocycles. The third-order valence-corrected chi connectivity index (χ3v) is 6.56. The molecule has 0 aromatic carbocycles. The molecule has 2 aliphatic rings. The number of rotatable bonds is 5. The van der Waals surface area contributed by atoms with Crippen molar-refractivity contribution in [2.75, 3.05) is 31.9 Å². The summed E-state index contributed by atoms with van der Waals surface area (Å²) < 4.78 is 26.4. The molecule has 7 heteroatoms. The minimum atomic E-state index is -3.39. The molecule has 1 aliphatic heterocycles. The van der Waals surface area contributed by atoms with Gasteiger partial charge in [0.15, 0.2) is 0 Å². The highest BCUT2D eigenvalue weighted by Gasteiger charge is 2.37. The Morgan fingerprint density at radius 3 is 2.38 bits per heavy atom. The summed E-state index contributed by atoms with van der Waals surface area (Å²) in [6.45, 7) is 5.77. The van der Waals surface area contributed by atoms with Gasteiger partial charge >= 0.3 is 0 Å². The predicted molar refractivity (Wildman–Crippen MR) is 82.4 cm³/mol. The van der Waals surface area contributed by atoms with Crippen molar-refractivity contribution >= 4 is 15.9 Å². The number of carbonyl (C=O) groups is 1. The molecule has 2 fully saturated rings. The van der Waals surface area contributed by atoms with E-state index in [1.807, 2.05) is 0 Å². The van der Waals surface area contributed by atoms with Gasteiger partial charge in [0.25, 0.3) is 0 Å². The number of hydrogen-bond acceptors (Lipinski definition) is 4. The molecule has 0 atom stereocenters. The highest BCUT2D eigenvalue weighted by atomic mass is 32.2. The second-order valence-corrected chi connectivity index (χ2v) is 8.71. The summed E-state index contributed by atoms with van der Waals surface area (Å²) in [6.07, 6.45) is 4.30. The Labute approximate surface area is 127 Å². The van der Waals surface area contributed by atoms with Crippen molar-refractivity contribution in [3.63, 3.8) is 0 Å². The van der Waals surface area contributed by atoms with E-state index in [1.165, 1.54) is 4.31 Å². The van der Waals surface area contributed by atoms with Crippen molar-refractivity contribution in [1.82, 2.24) is 14.9 Å². The first-order valence-electron chi connectivity index (χ1n) is 7.81. The lowest BCUT2D eigenvalue weighted by Crippen LogP contribution is -2.51. The van der Waals surface area contributed by atoms with Crippen LogP contribution in [0.3, 0.4) is 0 Å². The molecule has 2 rings (SSSR count). The van der Waals surface area contributed by atoms with Crippen LogP contribution in [0.2, 0.25) is 0 Å². The zero-order valence-electron chi connectivity index (χ0n) is 13.0. The molecular weight excluding hydrogens is 290 g/mol. The summed E-state index contributed by atoms with van der Waals surface area (Å²) in [5.74, 6) is -0.272. The molecule has 6 nitrogen and oxygen atoms in total. The molecule has 2 N–H and O–H groups in total. The van der Waals surface area contributed by atoms with Gasteiger partial charge in [-0.25, -0.2) is 8.42 Å². The van der Waals surface area contributed by atoms with E-state index in [9.17, 15) is 13.2 Å². The fourth-order valence-electron chi connectivity index (χ4n) is 2.99. The first-order chi connectivity index (χ1) is 9.81. The average molecular weight is 317 g/mol. The van der Waals surface area contributed by atoms with Gasteiger partial charge in [0, 0.05) is 32.2 Å². The van der Waals surface area contributed by atoms with E-state index < -0.39 is 15.4 Å². The average Bonchev–Trinajstić information content (AvgIpc) is 2.91. The van der Waals surface area contributed by atoms with E-state index in [0.29, 0.717) is 26.2 Å². The summed E-state index contributed by atoms with van der Waals surface area (Å²) in [5, 5.41) is 6.15. The molecule has 1 saturated carbocycles. The van der Waals surface area contributed by atoms with E-state index in [2.05, 4.69) is 10.6 Å². The standard InChI is InChI=1S/C14H27N3O3S/c1-14(2,13(18)16-12-5-3-4-6-12)11-21(19,20)17-9-7-15-8-10-17/h12,15H,3-11H2,1-2H3,(H,16,18). The van der Waals surface area contributed by atoms with E-state index in [0.717, 1.165) is 25.7 Å². The van der Waals surface area contributed by atoms with Gasteiger partial charge in [-0.2, -0.15) is 4.31 Å². The second-order valence-electron chi connectivity index (χ2n) is 6.74. The topological polar surface area (TPSA) is 78.5 Å². The Morgan fingerprint density at radius 1 is 1.24 bits per heavy atom. The molecule has 1 saturated heterocycles. The molecule has 21 heavy (non-hydrogen) atoms. The van der Waals surface area contributed by atoms with Crippen molar-refractivity contribution < 1.29 is 13.2 Å². The Kier molecular flexibility index (Phi) is 5.27. The van der Waals surface area contributed by atoms with Crippen molar-refractivity contribution in [2.45, 2.75) is 45.6 Å². The summed E-state index contributed by atoms with van der Waals surface area (Å²) >= 11 is 0. The SMILES string of the molecule is CC(C)(CS(=O)(=O)N1CCNCC1)C(=O)NC1CCCC1. The van der Waals surface area contributed by atoms with E-state index in [-0.39, 0.29) is 17.7 Å². The van der Waals surface area contributed by atoms with Crippen LogP contribution in [0.1, 0.15) is 39.5 Å². The van der Waals surface area contributed by atoms with Gasteiger partial charge in [-0.1, -0.05) is 12.8 Å². The van der Waals surface area contributed by atoms with Gasteiger partial charge < -0.3 is 10.6 Å². The van der Waals surface area contributed by atoms with Gasteiger partial charge in [-0.15, -0.1) is 0 Å². The minimum Gasteiger partial charge on any atom is -0.353 e. The molecule has 1 heterocycles. The largest absolute Gasteiger partial charge is 0.353 e. The van der Waals surface area contributed by atoms with Crippen molar-refractivity contribution in [1.29, 1.82) is 0 Å². The van der Waals surface area contributed by atoms with E-state index in [4.69, 9.17) is 0 Å². The molecule has 0 spiro atoms. The first-order valence-corrected chi connectivity index (χ1v) is 9.42. The Morgan fingerprint density at radius 2 is 1.81 bits per heavy atom. The van der Waals surface area contributed by atoms with Crippen molar-refractivity contribution in [2.24, 2.45) is 5.41 Å². The lowest BCUT2D eigenvalue weighted by Gasteiger charge is -2.31. The fraction of sp³-hybridized carbons (Fsp3) is 0.929. The van der Waals surface area contributed by atoms with Gasteiger partial charge in [-0.05, 0) is 26.7 Å². The number of hydrogen-bond donors (Lipinski definition) is 2. The lowest BCUT2D eigenvalue weighted by atomic mass is 9.94. The van der Waals surface area contributed by atoms with Crippen LogP contribution < -0.4 is 10.6 Å². The molecular formula is C14H27N3O3S. The summed E-state index contributed by atoms with van der Waals surface area (Å²) in [5.41, 5.74) is -0.897. The molecule has 1 amide bonds. The number of sulfonamides is 1. The van der Waals surface area contributed by atoms with Crippen LogP contribution in [-0.4, -0.2) is 56.6 Å². The maximum absolute atomic E-state index is 12.5. The van der Waals surface area contributed by atoms with Crippen LogP contribution in [0.5, 0.6) is 0 Å². The molecule has 0 aromatic heterocycles. The third-order valence-electron chi connectivity index (χ3n) is 4.32. The van der Waals surface area contributed by atoms with Gasteiger partial charge in [0.2, 0.25) is 15.9 Å². The third kappa shape index (κ3) is 4.40. The number of amides is 1. The molecule has 0 aromatic rings. The highest BCUT2D eigenvalue weighted by Crippen LogP contribution is 2.24. The normalized spacial score (nSPS) is 22.4. The second kappa shape index (κ2) is 6.62. The minimum absolute atomic E-state index is 0.126. The van der Waals surface area contributed by atoms with Gasteiger partial charge in [0.1, 0.15) is 0 Å². The lowest BCUT2D eigenvalue weighted by molar-refractivity contribution is -0.129. The van der Waals surface area contributed by atoms with Gasteiger partial charge in [-0.3, -0.25) is 4.79 Å². The molecule has 0 bridgehead atoms. The van der Waals surface area contributed by atoms with E-state index >= 15 is 0 Å². The van der Waals surface area contributed by atoms with Crippen LogP contribution in [0.4, 0.5) is 0 Å². The molecule has 122 valence electrons. The summed E-state index contributed by atoms with van der Waals surface area (Å²) in [7, 11) is -3.39. The Bertz CT molecular complexity index is 464. The fourth-order valence-corrected chi connectivity index (χ4v) is 4.95. The number of nitrogens with one attached hydrogen (secondary N) is 2. The summed E-state index contributed by atoms with van der Waals surface area (Å²) in [6, 6.07) is 0.221.